The number of halogens is 1. The molecule has 0 radical (unpaired) electrons. The van der Waals surface area contributed by atoms with Crippen LogP contribution in [0.4, 0.5) is 10.1 Å². The largest absolute Gasteiger partial charge is 0.371 e. The SMILES string of the molecule is Cc1cc(F)ccc1N1CCC(NCc2noc(Cc3cccs3)n2)CC1. The quantitative estimate of drug-likeness (QED) is 0.696. The van der Waals surface area contributed by atoms with Crippen LogP contribution in [-0.4, -0.2) is 29.3 Å². The lowest BCUT2D eigenvalue weighted by Gasteiger charge is -2.34. The number of rotatable bonds is 6. The first-order valence-electron chi connectivity index (χ1n) is 9.26. The molecule has 0 spiro atoms. The van der Waals surface area contributed by atoms with Crippen LogP contribution in [0.5, 0.6) is 0 Å². The van der Waals surface area contributed by atoms with Crippen LogP contribution in [-0.2, 0) is 13.0 Å². The number of aromatic nitrogens is 2. The van der Waals surface area contributed by atoms with Crippen molar-refractivity contribution in [1.29, 1.82) is 0 Å². The first kappa shape index (κ1) is 18.1. The molecule has 1 fully saturated rings. The summed E-state index contributed by atoms with van der Waals surface area (Å²) in [4.78, 5) is 8.03. The van der Waals surface area contributed by atoms with Crippen molar-refractivity contribution in [3.05, 3.63) is 63.7 Å². The van der Waals surface area contributed by atoms with Gasteiger partial charge in [-0.1, -0.05) is 11.2 Å². The maximum absolute atomic E-state index is 13.3. The summed E-state index contributed by atoms with van der Waals surface area (Å²) in [7, 11) is 0. The first-order chi connectivity index (χ1) is 13.2. The van der Waals surface area contributed by atoms with Crippen molar-refractivity contribution in [1.82, 2.24) is 15.5 Å². The van der Waals surface area contributed by atoms with Crippen LogP contribution < -0.4 is 10.2 Å². The van der Waals surface area contributed by atoms with E-state index in [1.54, 1.807) is 17.4 Å². The number of anilines is 1. The zero-order valence-corrected chi connectivity index (χ0v) is 16.1. The molecular weight excluding hydrogens is 363 g/mol. The van der Waals surface area contributed by atoms with E-state index < -0.39 is 0 Å². The van der Waals surface area contributed by atoms with Gasteiger partial charge in [-0.3, -0.25) is 0 Å². The van der Waals surface area contributed by atoms with Gasteiger partial charge < -0.3 is 14.7 Å². The number of aryl methyl sites for hydroxylation is 1. The Bertz CT molecular complexity index is 872. The normalized spacial score (nSPS) is 15.4. The molecule has 5 nitrogen and oxygen atoms in total. The third-order valence-electron chi connectivity index (χ3n) is 4.96. The van der Waals surface area contributed by atoms with Crippen molar-refractivity contribution in [3.63, 3.8) is 0 Å². The summed E-state index contributed by atoms with van der Waals surface area (Å²) >= 11 is 1.69. The molecule has 1 aliphatic heterocycles. The summed E-state index contributed by atoms with van der Waals surface area (Å²) in [6, 6.07) is 9.55. The molecule has 2 aromatic heterocycles. The number of hydrogen-bond donors (Lipinski definition) is 1. The van der Waals surface area contributed by atoms with Crippen LogP contribution in [0.25, 0.3) is 0 Å². The van der Waals surface area contributed by atoms with E-state index in [4.69, 9.17) is 4.52 Å². The molecule has 1 aromatic carbocycles. The highest BCUT2D eigenvalue weighted by Gasteiger charge is 2.21. The molecule has 1 N–H and O–H groups in total. The third-order valence-corrected chi connectivity index (χ3v) is 5.84. The van der Waals surface area contributed by atoms with Gasteiger partial charge in [0.05, 0.1) is 13.0 Å². The van der Waals surface area contributed by atoms with Gasteiger partial charge in [0, 0.05) is 29.7 Å². The van der Waals surface area contributed by atoms with E-state index in [1.165, 1.54) is 10.9 Å². The van der Waals surface area contributed by atoms with Gasteiger partial charge in [-0.15, -0.1) is 11.3 Å². The zero-order chi connectivity index (χ0) is 18.6. The number of thiophene rings is 1. The Morgan fingerprint density at radius 2 is 2.15 bits per heavy atom. The lowest BCUT2D eigenvalue weighted by Crippen LogP contribution is -2.42. The standard InChI is InChI=1S/C20H23FN4OS/c1-14-11-15(21)4-5-18(14)25-8-6-16(7-9-25)22-13-19-23-20(26-24-19)12-17-3-2-10-27-17/h2-5,10-11,16,22H,6-9,12-13H2,1H3. The third kappa shape index (κ3) is 4.54. The zero-order valence-electron chi connectivity index (χ0n) is 15.3. The second-order valence-electron chi connectivity index (χ2n) is 6.93. The Morgan fingerprint density at radius 3 is 2.89 bits per heavy atom. The Labute approximate surface area is 162 Å². The van der Waals surface area contributed by atoms with Gasteiger partial charge in [0.15, 0.2) is 5.82 Å². The van der Waals surface area contributed by atoms with Crippen molar-refractivity contribution in [2.45, 2.75) is 38.8 Å². The predicted molar refractivity (Wildman–Crippen MR) is 105 cm³/mol. The molecule has 27 heavy (non-hydrogen) atoms. The van der Waals surface area contributed by atoms with Gasteiger partial charge in [-0.25, -0.2) is 4.39 Å². The molecule has 0 unspecified atom stereocenters. The number of benzene rings is 1. The average Bonchev–Trinajstić information content (AvgIpc) is 3.33. The van der Waals surface area contributed by atoms with E-state index in [2.05, 4.69) is 26.4 Å². The maximum Gasteiger partial charge on any atom is 0.231 e. The van der Waals surface area contributed by atoms with Gasteiger partial charge in [-0.2, -0.15) is 4.98 Å². The number of nitrogens with zero attached hydrogens (tertiary/aromatic N) is 3. The molecule has 0 saturated carbocycles. The van der Waals surface area contributed by atoms with E-state index in [0.717, 1.165) is 37.2 Å². The lowest BCUT2D eigenvalue weighted by molar-refractivity contribution is 0.370. The van der Waals surface area contributed by atoms with Gasteiger partial charge in [0.1, 0.15) is 5.82 Å². The fourth-order valence-electron chi connectivity index (χ4n) is 3.53. The summed E-state index contributed by atoms with van der Waals surface area (Å²) in [6.07, 6.45) is 2.77. The molecule has 3 heterocycles. The second kappa shape index (κ2) is 8.19. The monoisotopic (exact) mass is 386 g/mol. The van der Waals surface area contributed by atoms with E-state index in [-0.39, 0.29) is 5.82 Å². The molecule has 1 saturated heterocycles. The minimum atomic E-state index is -0.175. The predicted octanol–water partition coefficient (Wildman–Crippen LogP) is 3.93. The average molecular weight is 386 g/mol. The molecule has 7 heteroatoms. The van der Waals surface area contributed by atoms with Gasteiger partial charge in [-0.05, 0) is 55.0 Å². The summed E-state index contributed by atoms with van der Waals surface area (Å²) in [5, 5.41) is 9.66. The number of piperidine rings is 1. The number of nitrogens with one attached hydrogen (secondary N) is 1. The molecular formula is C20H23FN4OS. The summed E-state index contributed by atoms with van der Waals surface area (Å²) in [6.45, 7) is 4.50. The summed E-state index contributed by atoms with van der Waals surface area (Å²) < 4.78 is 18.6. The second-order valence-corrected chi connectivity index (χ2v) is 7.97. The van der Waals surface area contributed by atoms with Crippen LogP contribution >= 0.6 is 11.3 Å². The van der Waals surface area contributed by atoms with Crippen LogP contribution in [0.3, 0.4) is 0 Å². The molecule has 1 aliphatic rings. The first-order valence-corrected chi connectivity index (χ1v) is 10.1. The van der Waals surface area contributed by atoms with Crippen molar-refractivity contribution in [2.24, 2.45) is 0 Å². The highest BCUT2D eigenvalue weighted by atomic mass is 32.1. The van der Waals surface area contributed by atoms with Crippen LogP contribution in [0.1, 0.15) is 35.0 Å². The smallest absolute Gasteiger partial charge is 0.231 e. The Morgan fingerprint density at radius 1 is 1.30 bits per heavy atom. The molecule has 142 valence electrons. The van der Waals surface area contributed by atoms with Crippen molar-refractivity contribution < 1.29 is 8.91 Å². The topological polar surface area (TPSA) is 54.2 Å². The summed E-state index contributed by atoms with van der Waals surface area (Å²) in [5.41, 5.74) is 2.12. The van der Waals surface area contributed by atoms with E-state index in [0.29, 0.717) is 30.7 Å². The summed E-state index contributed by atoms with van der Waals surface area (Å²) in [5.74, 6) is 1.19. The van der Waals surface area contributed by atoms with E-state index in [9.17, 15) is 4.39 Å². The molecule has 0 atom stereocenters. The minimum Gasteiger partial charge on any atom is -0.371 e. The van der Waals surface area contributed by atoms with Crippen LogP contribution in [0, 0.1) is 12.7 Å². The lowest BCUT2D eigenvalue weighted by atomic mass is 10.0. The van der Waals surface area contributed by atoms with E-state index in [1.807, 2.05) is 24.4 Å². The van der Waals surface area contributed by atoms with Crippen molar-refractivity contribution in [2.75, 3.05) is 18.0 Å². The van der Waals surface area contributed by atoms with E-state index >= 15 is 0 Å². The molecule has 0 bridgehead atoms. The molecule has 0 amide bonds. The highest BCUT2D eigenvalue weighted by molar-refractivity contribution is 7.09. The molecule has 0 aliphatic carbocycles. The van der Waals surface area contributed by atoms with Crippen LogP contribution in [0.15, 0.2) is 40.2 Å². The minimum absolute atomic E-state index is 0.175. The highest BCUT2D eigenvalue weighted by Crippen LogP contribution is 2.24. The molecule has 3 aromatic rings. The molecule has 4 rings (SSSR count). The Kier molecular flexibility index (Phi) is 5.50. The fourth-order valence-corrected chi connectivity index (χ4v) is 4.23. The van der Waals surface area contributed by atoms with Gasteiger partial charge >= 0.3 is 0 Å². The Balaban J connectivity index is 1.25. The maximum atomic E-state index is 13.3. The number of hydrogen-bond acceptors (Lipinski definition) is 6. The Hall–Kier alpha value is -2.25. The van der Waals surface area contributed by atoms with Crippen molar-refractivity contribution in [3.8, 4) is 0 Å². The fraction of sp³-hybridized carbons (Fsp3) is 0.400. The van der Waals surface area contributed by atoms with Crippen molar-refractivity contribution >= 4 is 17.0 Å². The van der Waals surface area contributed by atoms with Crippen LogP contribution in [0.2, 0.25) is 0 Å². The van der Waals surface area contributed by atoms with Gasteiger partial charge in [0.2, 0.25) is 5.89 Å². The van der Waals surface area contributed by atoms with Gasteiger partial charge in [0.25, 0.3) is 0 Å².